The van der Waals surface area contributed by atoms with Gasteiger partial charge >= 0.3 is 6.03 Å². The fourth-order valence-electron chi connectivity index (χ4n) is 3.91. The Morgan fingerprint density at radius 2 is 1.90 bits per heavy atom. The van der Waals surface area contributed by atoms with Gasteiger partial charge in [-0.25, -0.2) is 4.79 Å². The molecule has 1 fully saturated rings. The number of imide groups is 1. The molecule has 0 spiro atoms. The first-order chi connectivity index (χ1) is 14.2. The topological polar surface area (TPSA) is 89.9 Å². The molecule has 1 aromatic carbocycles. The maximum Gasteiger partial charge on any atom is 0.325 e. The van der Waals surface area contributed by atoms with E-state index in [4.69, 9.17) is 9.47 Å². The molecule has 1 aromatic heterocycles. The summed E-state index contributed by atoms with van der Waals surface area (Å²) in [7, 11) is 0. The van der Waals surface area contributed by atoms with E-state index >= 15 is 0 Å². The lowest BCUT2D eigenvalue weighted by atomic mass is 10.1. The quantitative estimate of drug-likeness (QED) is 0.603. The van der Waals surface area contributed by atoms with Gasteiger partial charge in [-0.15, -0.1) is 0 Å². The number of aromatic nitrogens is 1. The Morgan fingerprint density at radius 3 is 2.57 bits per heavy atom. The van der Waals surface area contributed by atoms with Crippen molar-refractivity contribution in [1.29, 1.82) is 0 Å². The number of hydrogen-bond acceptors (Lipinski definition) is 5. The van der Waals surface area contributed by atoms with Crippen molar-refractivity contribution in [2.24, 2.45) is 0 Å². The normalized spacial score (nSPS) is 19.7. The third-order valence-corrected chi connectivity index (χ3v) is 5.57. The van der Waals surface area contributed by atoms with Crippen molar-refractivity contribution in [3.8, 4) is 11.5 Å². The van der Waals surface area contributed by atoms with Crippen LogP contribution in [0.2, 0.25) is 0 Å². The van der Waals surface area contributed by atoms with Crippen LogP contribution in [0.15, 0.2) is 30.3 Å². The first-order valence-electron chi connectivity index (χ1n) is 9.90. The molecule has 4 rings (SSSR count). The Balaban J connectivity index is 1.49. The minimum atomic E-state index is -0.997. The van der Waals surface area contributed by atoms with E-state index in [0.717, 1.165) is 22.0 Å². The molecule has 0 aliphatic carbocycles. The van der Waals surface area contributed by atoms with Gasteiger partial charge in [0.2, 0.25) is 0 Å². The van der Waals surface area contributed by atoms with Crippen LogP contribution in [0.3, 0.4) is 0 Å². The molecule has 2 aromatic rings. The summed E-state index contributed by atoms with van der Waals surface area (Å²) < 4.78 is 13.8. The molecule has 0 unspecified atom stereocenters. The first-order valence-corrected chi connectivity index (χ1v) is 9.90. The molecule has 1 saturated heterocycles. The van der Waals surface area contributed by atoms with E-state index in [0.29, 0.717) is 24.5 Å². The highest BCUT2D eigenvalue weighted by Gasteiger charge is 2.45. The molecule has 3 amide bonds. The van der Waals surface area contributed by atoms with E-state index in [1.165, 1.54) is 0 Å². The molecule has 0 radical (unpaired) electrons. The molecule has 8 heteroatoms. The third-order valence-electron chi connectivity index (χ3n) is 5.57. The van der Waals surface area contributed by atoms with E-state index in [-0.39, 0.29) is 18.4 Å². The minimum absolute atomic E-state index is 0.195. The number of carbonyl (C=O) groups is 3. The Morgan fingerprint density at radius 1 is 1.20 bits per heavy atom. The molecular formula is C22H25N3O5. The molecule has 1 atom stereocenters. The number of fused-ring (bicyclic) bond motifs is 1. The molecule has 2 aliphatic heterocycles. The van der Waals surface area contributed by atoms with Crippen molar-refractivity contribution in [3.05, 3.63) is 47.3 Å². The van der Waals surface area contributed by atoms with E-state index in [1.54, 1.807) is 19.9 Å². The van der Waals surface area contributed by atoms with Crippen molar-refractivity contribution < 1.29 is 23.9 Å². The van der Waals surface area contributed by atoms with Gasteiger partial charge in [-0.05, 0) is 45.9 Å². The summed E-state index contributed by atoms with van der Waals surface area (Å²) in [5.41, 5.74) is 1.17. The smallest absolute Gasteiger partial charge is 0.325 e. The number of carbonyl (C=O) groups excluding carboxylic acids is 3. The van der Waals surface area contributed by atoms with Crippen molar-refractivity contribution in [2.45, 2.75) is 45.9 Å². The molecule has 3 heterocycles. The fraction of sp³-hybridized carbons (Fsp3) is 0.409. The number of ether oxygens (including phenoxy) is 2. The monoisotopic (exact) mass is 411 g/mol. The third kappa shape index (κ3) is 3.42. The predicted molar refractivity (Wildman–Crippen MR) is 109 cm³/mol. The summed E-state index contributed by atoms with van der Waals surface area (Å²) in [5.74, 6) is 0.749. The Bertz CT molecular complexity index is 1040. The van der Waals surface area contributed by atoms with Crippen LogP contribution < -0.4 is 14.8 Å². The van der Waals surface area contributed by atoms with Crippen LogP contribution in [0.1, 0.15) is 35.6 Å². The van der Waals surface area contributed by atoms with E-state index in [9.17, 15) is 14.4 Å². The second-order valence-electron chi connectivity index (χ2n) is 8.26. The van der Waals surface area contributed by atoms with Crippen LogP contribution in [-0.2, 0) is 11.3 Å². The van der Waals surface area contributed by atoms with Crippen molar-refractivity contribution >= 4 is 17.7 Å². The number of benzene rings is 1. The van der Waals surface area contributed by atoms with Gasteiger partial charge in [-0.2, -0.15) is 0 Å². The number of aryl methyl sites for hydroxylation is 1. The number of nitrogens with zero attached hydrogens (tertiary/aromatic N) is 2. The van der Waals surface area contributed by atoms with Crippen LogP contribution in [0.4, 0.5) is 4.79 Å². The molecule has 0 bridgehead atoms. The summed E-state index contributed by atoms with van der Waals surface area (Å²) in [5, 5.41) is 2.59. The van der Waals surface area contributed by atoms with Gasteiger partial charge in [0.05, 0.1) is 13.1 Å². The number of nitrogens with one attached hydrogen (secondary N) is 1. The van der Waals surface area contributed by atoms with E-state index in [1.807, 2.05) is 42.7 Å². The SMILES string of the molecule is Cc1cc(C(=O)CN2C(=O)NC(C)(C)C2=O)c(C)n1C[C@@H]1COc2ccccc2O1. The minimum Gasteiger partial charge on any atom is -0.486 e. The largest absolute Gasteiger partial charge is 0.486 e. The summed E-state index contributed by atoms with van der Waals surface area (Å²) in [6.07, 6.45) is -0.195. The Kier molecular flexibility index (Phi) is 4.80. The second-order valence-corrected chi connectivity index (χ2v) is 8.26. The number of amides is 3. The van der Waals surface area contributed by atoms with Gasteiger partial charge in [0.15, 0.2) is 23.4 Å². The van der Waals surface area contributed by atoms with Gasteiger partial charge in [-0.3, -0.25) is 14.5 Å². The number of rotatable bonds is 5. The van der Waals surface area contributed by atoms with E-state index in [2.05, 4.69) is 5.32 Å². The summed E-state index contributed by atoms with van der Waals surface area (Å²) >= 11 is 0. The van der Waals surface area contributed by atoms with Crippen LogP contribution in [0.5, 0.6) is 11.5 Å². The zero-order chi connectivity index (χ0) is 21.6. The van der Waals surface area contributed by atoms with Crippen LogP contribution in [-0.4, -0.2) is 52.0 Å². The maximum absolute atomic E-state index is 12.9. The highest BCUT2D eigenvalue weighted by Crippen LogP contribution is 2.31. The number of para-hydroxylation sites is 2. The van der Waals surface area contributed by atoms with Crippen LogP contribution in [0, 0.1) is 13.8 Å². The van der Waals surface area contributed by atoms with Crippen LogP contribution >= 0.6 is 0 Å². The second kappa shape index (κ2) is 7.19. The predicted octanol–water partition coefficient (Wildman–Crippen LogP) is 2.46. The van der Waals surface area contributed by atoms with Crippen molar-refractivity contribution in [3.63, 3.8) is 0 Å². The zero-order valence-electron chi connectivity index (χ0n) is 17.5. The lowest BCUT2D eigenvalue weighted by Crippen LogP contribution is -2.41. The molecule has 158 valence electrons. The first kappa shape index (κ1) is 20.0. The molecular weight excluding hydrogens is 386 g/mol. The lowest BCUT2D eigenvalue weighted by molar-refractivity contribution is -0.129. The number of urea groups is 1. The summed E-state index contributed by atoms with van der Waals surface area (Å²) in [6, 6.07) is 8.77. The zero-order valence-corrected chi connectivity index (χ0v) is 17.5. The maximum atomic E-state index is 12.9. The van der Waals surface area contributed by atoms with Gasteiger partial charge < -0.3 is 19.4 Å². The highest BCUT2D eigenvalue weighted by atomic mass is 16.6. The average Bonchev–Trinajstić information content (AvgIpc) is 3.09. The molecule has 1 N–H and O–H groups in total. The van der Waals surface area contributed by atoms with Gasteiger partial charge in [0.25, 0.3) is 5.91 Å². The molecule has 30 heavy (non-hydrogen) atoms. The number of ketones is 1. The number of Topliss-reactive ketones (excluding diaryl/α,β-unsaturated/α-hetero) is 1. The standard InChI is InChI=1S/C22H25N3O5/c1-13-9-16(17(26)11-25-20(27)22(3,4)23-21(25)28)14(2)24(13)10-15-12-29-18-7-5-6-8-19(18)30-15/h5-9,15H,10-12H2,1-4H3,(H,23,28)/t15-/m1/s1. The Labute approximate surface area is 174 Å². The summed E-state index contributed by atoms with van der Waals surface area (Å²) in [6.45, 7) is 7.66. The Hall–Kier alpha value is -3.29. The molecule has 2 aliphatic rings. The molecule has 8 nitrogen and oxygen atoms in total. The summed E-state index contributed by atoms with van der Waals surface area (Å²) in [4.78, 5) is 38.4. The van der Waals surface area contributed by atoms with Gasteiger partial charge in [-0.1, -0.05) is 12.1 Å². The van der Waals surface area contributed by atoms with Gasteiger partial charge in [0, 0.05) is 17.0 Å². The van der Waals surface area contributed by atoms with Crippen molar-refractivity contribution in [1.82, 2.24) is 14.8 Å². The highest BCUT2D eigenvalue weighted by molar-refractivity contribution is 6.11. The van der Waals surface area contributed by atoms with Gasteiger partial charge in [0.1, 0.15) is 12.1 Å². The number of hydrogen-bond donors (Lipinski definition) is 1. The average molecular weight is 411 g/mol. The fourth-order valence-corrected chi connectivity index (χ4v) is 3.91. The lowest BCUT2D eigenvalue weighted by Gasteiger charge is -2.27. The molecule has 0 saturated carbocycles. The van der Waals surface area contributed by atoms with Crippen LogP contribution in [0.25, 0.3) is 0 Å². The van der Waals surface area contributed by atoms with E-state index < -0.39 is 17.5 Å². The van der Waals surface area contributed by atoms with Crippen molar-refractivity contribution in [2.75, 3.05) is 13.2 Å².